The molecule has 0 amide bonds. The van der Waals surface area contributed by atoms with Gasteiger partial charge in [-0.3, -0.25) is 0 Å². The molecule has 64 valence electrons. The fourth-order valence-corrected chi connectivity index (χ4v) is 1.63. The molecule has 0 aromatic carbocycles. The second-order valence-electron chi connectivity index (χ2n) is 3.17. The van der Waals surface area contributed by atoms with Crippen molar-refractivity contribution in [3.63, 3.8) is 0 Å². The summed E-state index contributed by atoms with van der Waals surface area (Å²) in [5.41, 5.74) is 1.14. The molecule has 1 aromatic heterocycles. The molecule has 0 aliphatic heterocycles. The average molecular weight is 227 g/mol. The van der Waals surface area contributed by atoms with Gasteiger partial charge in [-0.15, -0.1) is 0 Å². The van der Waals surface area contributed by atoms with Crippen LogP contribution in [0.15, 0.2) is 10.7 Å². The molecule has 0 radical (unpaired) electrons. The van der Waals surface area contributed by atoms with Crippen LogP contribution < -0.4 is 0 Å². The summed E-state index contributed by atoms with van der Waals surface area (Å²) in [4.78, 5) is 8.82. The Hall–Kier alpha value is -0.440. The number of nitrogens with zero attached hydrogens (tertiary/aromatic N) is 2. The van der Waals surface area contributed by atoms with Gasteiger partial charge in [-0.1, -0.05) is 6.92 Å². The first-order valence-corrected chi connectivity index (χ1v) is 5.12. The monoisotopic (exact) mass is 226 g/mol. The lowest BCUT2D eigenvalue weighted by Gasteiger charge is -2.00. The average Bonchev–Trinajstić information content (AvgIpc) is 2.85. The molecule has 1 heterocycles. The van der Waals surface area contributed by atoms with Gasteiger partial charge in [-0.2, -0.15) is 0 Å². The van der Waals surface area contributed by atoms with E-state index in [2.05, 4.69) is 32.8 Å². The quantitative estimate of drug-likeness (QED) is 0.726. The highest BCUT2D eigenvalue weighted by Gasteiger charge is 2.26. The van der Waals surface area contributed by atoms with Crippen LogP contribution in [-0.2, 0) is 6.42 Å². The topological polar surface area (TPSA) is 25.8 Å². The summed E-state index contributed by atoms with van der Waals surface area (Å²) in [5, 5.41) is 0. The molecule has 1 saturated carbocycles. The molecule has 12 heavy (non-hydrogen) atoms. The SMILES string of the molecule is CCc1cc(Br)nc(C2CC2)n1. The summed E-state index contributed by atoms with van der Waals surface area (Å²) in [6, 6.07) is 1.99. The van der Waals surface area contributed by atoms with Crippen molar-refractivity contribution in [1.29, 1.82) is 0 Å². The molecule has 2 rings (SSSR count). The van der Waals surface area contributed by atoms with E-state index in [4.69, 9.17) is 0 Å². The molecule has 1 aromatic rings. The third-order valence-corrected chi connectivity index (χ3v) is 2.48. The predicted molar refractivity (Wildman–Crippen MR) is 51.1 cm³/mol. The van der Waals surface area contributed by atoms with Crippen LogP contribution in [0.3, 0.4) is 0 Å². The van der Waals surface area contributed by atoms with Gasteiger partial charge in [-0.25, -0.2) is 9.97 Å². The lowest BCUT2D eigenvalue weighted by atomic mass is 10.3. The lowest BCUT2D eigenvalue weighted by Crippen LogP contribution is -1.97. The molecule has 0 bridgehead atoms. The molecule has 0 unspecified atom stereocenters. The summed E-state index contributed by atoms with van der Waals surface area (Å²) >= 11 is 3.40. The van der Waals surface area contributed by atoms with E-state index in [9.17, 15) is 0 Å². The van der Waals surface area contributed by atoms with E-state index in [1.54, 1.807) is 0 Å². The van der Waals surface area contributed by atoms with E-state index in [1.165, 1.54) is 12.8 Å². The second-order valence-corrected chi connectivity index (χ2v) is 3.98. The van der Waals surface area contributed by atoms with E-state index in [0.29, 0.717) is 5.92 Å². The predicted octanol–water partition coefficient (Wildman–Crippen LogP) is 2.68. The summed E-state index contributed by atoms with van der Waals surface area (Å²) in [5.74, 6) is 1.68. The Labute approximate surface area is 80.6 Å². The molecule has 0 spiro atoms. The van der Waals surface area contributed by atoms with Crippen LogP contribution in [0.25, 0.3) is 0 Å². The van der Waals surface area contributed by atoms with Crippen molar-refractivity contribution in [2.45, 2.75) is 32.1 Å². The maximum atomic E-state index is 4.47. The Morgan fingerprint density at radius 1 is 1.50 bits per heavy atom. The molecule has 1 aliphatic rings. The number of rotatable bonds is 2. The summed E-state index contributed by atoms with van der Waals surface area (Å²) in [6.45, 7) is 2.12. The Morgan fingerprint density at radius 3 is 2.83 bits per heavy atom. The Balaban J connectivity index is 2.34. The van der Waals surface area contributed by atoms with Gasteiger partial charge in [0, 0.05) is 11.6 Å². The molecule has 0 N–H and O–H groups in total. The van der Waals surface area contributed by atoms with Gasteiger partial charge in [0.2, 0.25) is 0 Å². The molecule has 0 saturated heterocycles. The molecular formula is C9H11BrN2. The van der Waals surface area contributed by atoms with Crippen LogP contribution in [0.2, 0.25) is 0 Å². The van der Waals surface area contributed by atoms with Crippen LogP contribution in [0.5, 0.6) is 0 Å². The number of hydrogen-bond donors (Lipinski definition) is 0. The number of halogens is 1. The number of aromatic nitrogens is 2. The summed E-state index contributed by atoms with van der Waals surface area (Å²) in [6.07, 6.45) is 3.51. The van der Waals surface area contributed by atoms with Gasteiger partial charge < -0.3 is 0 Å². The highest BCUT2D eigenvalue weighted by Crippen LogP contribution is 2.38. The molecule has 2 nitrogen and oxygen atoms in total. The van der Waals surface area contributed by atoms with E-state index in [1.807, 2.05) is 6.07 Å². The minimum Gasteiger partial charge on any atom is -0.238 e. The van der Waals surface area contributed by atoms with Crippen molar-refractivity contribution < 1.29 is 0 Å². The van der Waals surface area contributed by atoms with Crippen molar-refractivity contribution in [2.24, 2.45) is 0 Å². The lowest BCUT2D eigenvalue weighted by molar-refractivity contribution is 0.868. The minimum absolute atomic E-state index is 0.646. The highest BCUT2D eigenvalue weighted by atomic mass is 79.9. The van der Waals surface area contributed by atoms with Gasteiger partial charge in [0.25, 0.3) is 0 Å². The van der Waals surface area contributed by atoms with Crippen molar-refractivity contribution in [3.8, 4) is 0 Å². The molecular weight excluding hydrogens is 216 g/mol. The van der Waals surface area contributed by atoms with Crippen molar-refractivity contribution >= 4 is 15.9 Å². The zero-order chi connectivity index (χ0) is 8.55. The van der Waals surface area contributed by atoms with E-state index < -0.39 is 0 Å². The van der Waals surface area contributed by atoms with Gasteiger partial charge >= 0.3 is 0 Å². The van der Waals surface area contributed by atoms with Crippen LogP contribution in [0, 0.1) is 0 Å². The van der Waals surface area contributed by atoms with Gasteiger partial charge in [0.1, 0.15) is 10.4 Å². The van der Waals surface area contributed by atoms with Crippen LogP contribution in [-0.4, -0.2) is 9.97 Å². The highest BCUT2D eigenvalue weighted by molar-refractivity contribution is 9.10. The zero-order valence-electron chi connectivity index (χ0n) is 7.05. The van der Waals surface area contributed by atoms with Crippen LogP contribution >= 0.6 is 15.9 Å². The first kappa shape index (κ1) is 8.17. The fourth-order valence-electron chi connectivity index (χ4n) is 1.19. The smallest absolute Gasteiger partial charge is 0.132 e. The van der Waals surface area contributed by atoms with E-state index >= 15 is 0 Å². The van der Waals surface area contributed by atoms with Crippen molar-refractivity contribution in [3.05, 3.63) is 22.2 Å². The first-order chi connectivity index (χ1) is 5.79. The van der Waals surface area contributed by atoms with Crippen molar-refractivity contribution in [1.82, 2.24) is 9.97 Å². The Bertz CT molecular complexity index is 295. The van der Waals surface area contributed by atoms with Gasteiger partial charge in [-0.05, 0) is 41.3 Å². The normalized spacial score (nSPS) is 16.5. The second kappa shape index (κ2) is 3.13. The molecule has 3 heteroatoms. The Kier molecular flexibility index (Phi) is 2.13. The summed E-state index contributed by atoms with van der Waals surface area (Å²) < 4.78 is 0.927. The van der Waals surface area contributed by atoms with E-state index in [0.717, 1.165) is 22.5 Å². The van der Waals surface area contributed by atoms with Gasteiger partial charge in [0.15, 0.2) is 0 Å². The zero-order valence-corrected chi connectivity index (χ0v) is 8.63. The molecule has 0 atom stereocenters. The number of hydrogen-bond acceptors (Lipinski definition) is 2. The third kappa shape index (κ3) is 1.66. The summed E-state index contributed by atoms with van der Waals surface area (Å²) in [7, 11) is 0. The first-order valence-electron chi connectivity index (χ1n) is 4.33. The molecule has 1 fully saturated rings. The minimum atomic E-state index is 0.646. The Morgan fingerprint density at radius 2 is 2.25 bits per heavy atom. The fraction of sp³-hybridized carbons (Fsp3) is 0.556. The van der Waals surface area contributed by atoms with Crippen molar-refractivity contribution in [2.75, 3.05) is 0 Å². The van der Waals surface area contributed by atoms with Crippen LogP contribution in [0.1, 0.15) is 37.2 Å². The number of aryl methyl sites for hydroxylation is 1. The maximum Gasteiger partial charge on any atom is 0.132 e. The van der Waals surface area contributed by atoms with Gasteiger partial charge in [0.05, 0.1) is 0 Å². The third-order valence-electron chi connectivity index (χ3n) is 2.07. The largest absolute Gasteiger partial charge is 0.238 e. The maximum absolute atomic E-state index is 4.47. The molecule has 1 aliphatic carbocycles. The van der Waals surface area contributed by atoms with Crippen LogP contribution in [0.4, 0.5) is 0 Å². The van der Waals surface area contributed by atoms with E-state index in [-0.39, 0.29) is 0 Å². The standard InChI is InChI=1S/C9H11BrN2/c1-2-7-5-8(10)12-9(11-7)6-3-4-6/h5-6H,2-4H2,1H3.